The smallest absolute Gasteiger partial charge is 0.119 e. The molecule has 0 fully saturated rings. The van der Waals surface area contributed by atoms with Crippen molar-refractivity contribution in [2.45, 2.75) is 6.04 Å². The molecule has 0 spiro atoms. The van der Waals surface area contributed by atoms with E-state index in [1.165, 1.54) is 0 Å². The lowest BCUT2D eigenvalue weighted by atomic mass is 10.1. The van der Waals surface area contributed by atoms with Crippen molar-refractivity contribution in [2.24, 2.45) is 0 Å². The summed E-state index contributed by atoms with van der Waals surface area (Å²) in [6, 6.07) is 12.8. The maximum Gasteiger partial charge on any atom is 0.119 e. The maximum absolute atomic E-state index is 9.61. The van der Waals surface area contributed by atoms with Gasteiger partial charge in [0.25, 0.3) is 0 Å². The Morgan fingerprint density at radius 2 is 1.95 bits per heavy atom. The lowest BCUT2D eigenvalue weighted by molar-refractivity contribution is 0.276. The molecule has 1 atom stereocenters. The van der Waals surface area contributed by atoms with E-state index >= 15 is 0 Å². The lowest BCUT2D eigenvalue weighted by Gasteiger charge is -2.20. The lowest BCUT2D eigenvalue weighted by Crippen LogP contribution is -2.15. The molecule has 0 heterocycles. The first-order valence-corrected chi connectivity index (χ1v) is 7.27. The van der Waals surface area contributed by atoms with Crippen LogP contribution < -0.4 is 10.1 Å². The first-order chi connectivity index (χ1) is 9.63. The quantitative estimate of drug-likeness (QED) is 0.841. The minimum absolute atomic E-state index is 0.0367. The van der Waals surface area contributed by atoms with Crippen molar-refractivity contribution in [3.63, 3.8) is 0 Å². The van der Waals surface area contributed by atoms with Gasteiger partial charge in [0.1, 0.15) is 5.75 Å². The molecule has 2 aromatic rings. The molecule has 1 unspecified atom stereocenters. The number of nitrogens with one attached hydrogen (secondary N) is 1. The zero-order chi connectivity index (χ0) is 14.5. The largest absolute Gasteiger partial charge is 0.497 e. The van der Waals surface area contributed by atoms with Crippen molar-refractivity contribution in [2.75, 3.05) is 19.0 Å². The first-order valence-electron chi connectivity index (χ1n) is 6.10. The van der Waals surface area contributed by atoms with Gasteiger partial charge in [-0.05, 0) is 48.0 Å². The number of methoxy groups -OCH3 is 1. The summed E-state index contributed by atoms with van der Waals surface area (Å²) in [6.07, 6.45) is 0. The molecular formula is C15H15BrClNO2. The average Bonchev–Trinajstić information content (AvgIpc) is 2.48. The van der Waals surface area contributed by atoms with Crippen molar-refractivity contribution in [1.82, 2.24) is 0 Å². The van der Waals surface area contributed by atoms with Crippen LogP contribution in [-0.2, 0) is 0 Å². The van der Waals surface area contributed by atoms with Crippen molar-refractivity contribution >= 4 is 33.2 Å². The molecule has 0 saturated heterocycles. The second-order valence-electron chi connectivity index (χ2n) is 4.27. The molecule has 106 valence electrons. The van der Waals surface area contributed by atoms with E-state index in [-0.39, 0.29) is 12.6 Å². The molecule has 0 bridgehead atoms. The molecule has 2 N–H and O–H groups in total. The van der Waals surface area contributed by atoms with Crippen LogP contribution in [0.4, 0.5) is 5.69 Å². The van der Waals surface area contributed by atoms with Crippen molar-refractivity contribution in [3.8, 4) is 5.75 Å². The summed E-state index contributed by atoms with van der Waals surface area (Å²) in [5.74, 6) is 0.792. The maximum atomic E-state index is 9.61. The SMILES string of the molecule is COc1ccc(NC(CO)c2cc(Cl)ccc2Br)cc1. The molecule has 0 aromatic heterocycles. The number of aliphatic hydroxyl groups excluding tert-OH is 1. The molecule has 0 aliphatic carbocycles. The molecule has 0 radical (unpaired) electrons. The predicted octanol–water partition coefficient (Wildman–Crippen LogP) is 4.26. The van der Waals surface area contributed by atoms with Crippen LogP contribution in [0.25, 0.3) is 0 Å². The van der Waals surface area contributed by atoms with Crippen LogP contribution >= 0.6 is 27.5 Å². The number of anilines is 1. The van der Waals surface area contributed by atoms with E-state index in [1.54, 1.807) is 13.2 Å². The minimum atomic E-state index is -0.239. The monoisotopic (exact) mass is 355 g/mol. The van der Waals surface area contributed by atoms with Gasteiger partial charge in [-0.25, -0.2) is 0 Å². The fraction of sp³-hybridized carbons (Fsp3) is 0.200. The number of halogens is 2. The van der Waals surface area contributed by atoms with Crippen LogP contribution in [0.15, 0.2) is 46.9 Å². The zero-order valence-corrected chi connectivity index (χ0v) is 13.3. The molecule has 0 aliphatic heterocycles. The molecule has 2 aromatic carbocycles. The number of rotatable bonds is 5. The summed E-state index contributed by atoms with van der Waals surface area (Å²) in [5, 5.41) is 13.5. The van der Waals surface area contributed by atoms with Gasteiger partial charge in [0.15, 0.2) is 0 Å². The number of ether oxygens (including phenoxy) is 1. The van der Waals surface area contributed by atoms with E-state index < -0.39 is 0 Å². The molecular weight excluding hydrogens is 342 g/mol. The van der Waals surface area contributed by atoms with E-state index in [0.717, 1.165) is 21.5 Å². The van der Waals surface area contributed by atoms with Crippen LogP contribution in [0.5, 0.6) is 5.75 Å². The van der Waals surface area contributed by atoms with Crippen LogP contribution in [0, 0.1) is 0 Å². The summed E-state index contributed by atoms with van der Waals surface area (Å²) in [4.78, 5) is 0. The van der Waals surface area contributed by atoms with Gasteiger partial charge < -0.3 is 15.2 Å². The highest BCUT2D eigenvalue weighted by molar-refractivity contribution is 9.10. The molecule has 0 saturated carbocycles. The van der Waals surface area contributed by atoms with Crippen LogP contribution in [0.2, 0.25) is 5.02 Å². The molecule has 0 aliphatic rings. The predicted molar refractivity (Wildman–Crippen MR) is 85.6 cm³/mol. The molecule has 3 nitrogen and oxygen atoms in total. The standard InChI is InChI=1S/C15H15BrClNO2/c1-20-12-5-3-11(4-6-12)18-15(9-19)13-8-10(17)2-7-14(13)16/h2-8,15,18-19H,9H2,1H3. The molecule has 2 rings (SSSR count). The Morgan fingerprint density at radius 3 is 2.55 bits per heavy atom. The van der Waals surface area contributed by atoms with Crippen molar-refractivity contribution < 1.29 is 9.84 Å². The summed E-state index contributed by atoms with van der Waals surface area (Å²) >= 11 is 9.49. The van der Waals surface area contributed by atoms with Gasteiger partial charge >= 0.3 is 0 Å². The van der Waals surface area contributed by atoms with Crippen LogP contribution in [-0.4, -0.2) is 18.8 Å². The Bertz CT molecular complexity index is 575. The highest BCUT2D eigenvalue weighted by Crippen LogP contribution is 2.29. The summed E-state index contributed by atoms with van der Waals surface area (Å²) < 4.78 is 6.02. The first kappa shape index (κ1) is 15.2. The molecule has 20 heavy (non-hydrogen) atoms. The van der Waals surface area contributed by atoms with Gasteiger partial charge in [-0.15, -0.1) is 0 Å². The van der Waals surface area contributed by atoms with Crippen LogP contribution in [0.3, 0.4) is 0 Å². The molecule has 0 amide bonds. The van der Waals surface area contributed by atoms with Gasteiger partial charge in [-0.1, -0.05) is 27.5 Å². The topological polar surface area (TPSA) is 41.5 Å². The fourth-order valence-electron chi connectivity index (χ4n) is 1.89. The highest BCUT2D eigenvalue weighted by atomic mass is 79.9. The Balaban J connectivity index is 2.21. The Kier molecular flexibility index (Phi) is 5.29. The summed E-state index contributed by atoms with van der Waals surface area (Å²) in [6.45, 7) is -0.0367. The third kappa shape index (κ3) is 3.66. The third-order valence-electron chi connectivity index (χ3n) is 2.95. The number of aliphatic hydroxyl groups is 1. The fourth-order valence-corrected chi connectivity index (χ4v) is 2.60. The van der Waals surface area contributed by atoms with Gasteiger partial charge in [0.2, 0.25) is 0 Å². The molecule has 5 heteroatoms. The second-order valence-corrected chi connectivity index (χ2v) is 5.56. The summed E-state index contributed by atoms with van der Waals surface area (Å²) in [7, 11) is 1.63. The summed E-state index contributed by atoms with van der Waals surface area (Å²) in [5.41, 5.74) is 1.81. The van der Waals surface area contributed by atoms with Gasteiger partial charge in [-0.3, -0.25) is 0 Å². The van der Waals surface area contributed by atoms with E-state index in [1.807, 2.05) is 36.4 Å². The average molecular weight is 357 g/mol. The zero-order valence-electron chi connectivity index (χ0n) is 10.9. The number of hydrogen-bond acceptors (Lipinski definition) is 3. The minimum Gasteiger partial charge on any atom is -0.497 e. The van der Waals surface area contributed by atoms with Gasteiger partial charge in [-0.2, -0.15) is 0 Å². The van der Waals surface area contributed by atoms with E-state index in [4.69, 9.17) is 16.3 Å². The number of hydrogen-bond donors (Lipinski definition) is 2. The normalized spacial score (nSPS) is 12.0. The second kappa shape index (κ2) is 6.97. The van der Waals surface area contributed by atoms with Crippen LogP contribution in [0.1, 0.15) is 11.6 Å². The van der Waals surface area contributed by atoms with Crippen molar-refractivity contribution in [1.29, 1.82) is 0 Å². The highest BCUT2D eigenvalue weighted by Gasteiger charge is 2.14. The van der Waals surface area contributed by atoms with Gasteiger partial charge in [0.05, 0.1) is 19.8 Å². The Hall–Kier alpha value is -1.23. The third-order valence-corrected chi connectivity index (χ3v) is 3.90. The number of benzene rings is 2. The Morgan fingerprint density at radius 1 is 1.25 bits per heavy atom. The van der Waals surface area contributed by atoms with E-state index in [0.29, 0.717) is 5.02 Å². The van der Waals surface area contributed by atoms with Crippen molar-refractivity contribution in [3.05, 3.63) is 57.5 Å². The van der Waals surface area contributed by atoms with E-state index in [2.05, 4.69) is 21.2 Å². The Labute approximate surface area is 131 Å². The van der Waals surface area contributed by atoms with E-state index in [9.17, 15) is 5.11 Å². The van der Waals surface area contributed by atoms with Gasteiger partial charge in [0, 0.05) is 15.2 Å².